The molecule has 0 aliphatic carbocycles. The number of thioether (sulfide) groups is 1. The largest absolute Gasteiger partial charge is 0.350 e. The van der Waals surface area contributed by atoms with Gasteiger partial charge >= 0.3 is 0 Å². The highest BCUT2D eigenvalue weighted by atomic mass is 79.9. The van der Waals surface area contributed by atoms with Crippen LogP contribution >= 0.6 is 39.0 Å². The van der Waals surface area contributed by atoms with Crippen molar-refractivity contribution in [2.45, 2.75) is 11.4 Å². The number of non-ortho nitro benzene ring substituents is 1. The predicted octanol–water partition coefficient (Wildman–Crippen LogP) is 3.83. The predicted molar refractivity (Wildman–Crippen MR) is 87.7 cm³/mol. The van der Waals surface area contributed by atoms with Gasteiger partial charge in [-0.15, -0.1) is 23.1 Å². The lowest BCUT2D eigenvalue weighted by Gasteiger charge is -2.03. The number of amides is 1. The maximum atomic E-state index is 11.7. The Morgan fingerprint density at radius 3 is 2.67 bits per heavy atom. The molecule has 1 N–H and O–H groups in total. The van der Waals surface area contributed by atoms with Crippen LogP contribution in [0.25, 0.3) is 0 Å². The molecule has 0 fully saturated rings. The van der Waals surface area contributed by atoms with Gasteiger partial charge in [-0.05, 0) is 34.1 Å². The number of nitro benzene ring substituents is 1. The van der Waals surface area contributed by atoms with Crippen molar-refractivity contribution in [1.82, 2.24) is 5.32 Å². The maximum absolute atomic E-state index is 11.7. The van der Waals surface area contributed by atoms with E-state index in [2.05, 4.69) is 21.2 Å². The van der Waals surface area contributed by atoms with Crippen molar-refractivity contribution in [1.29, 1.82) is 0 Å². The fourth-order valence-electron chi connectivity index (χ4n) is 1.50. The molecule has 2 rings (SSSR count). The Hall–Kier alpha value is -1.38. The average molecular weight is 387 g/mol. The number of thiophene rings is 1. The number of benzene rings is 1. The molecule has 110 valence electrons. The van der Waals surface area contributed by atoms with Crippen molar-refractivity contribution in [3.05, 3.63) is 55.2 Å². The van der Waals surface area contributed by atoms with Crippen molar-refractivity contribution < 1.29 is 9.72 Å². The Morgan fingerprint density at radius 2 is 2.10 bits per heavy atom. The quantitative estimate of drug-likeness (QED) is 0.465. The molecule has 0 spiro atoms. The third-order valence-corrected chi connectivity index (χ3v) is 5.21. The van der Waals surface area contributed by atoms with Crippen LogP contribution in [-0.4, -0.2) is 16.6 Å². The summed E-state index contributed by atoms with van der Waals surface area (Å²) in [6.07, 6.45) is 0. The van der Waals surface area contributed by atoms with Gasteiger partial charge in [0.05, 0.1) is 17.2 Å². The molecular weight excluding hydrogens is 376 g/mol. The van der Waals surface area contributed by atoms with E-state index in [0.717, 1.165) is 14.2 Å². The van der Waals surface area contributed by atoms with Crippen molar-refractivity contribution in [3.8, 4) is 0 Å². The smallest absolute Gasteiger partial charge is 0.269 e. The summed E-state index contributed by atoms with van der Waals surface area (Å²) in [6.45, 7) is 0.510. The molecule has 0 saturated heterocycles. The number of nitro groups is 1. The Kier molecular flexibility index (Phi) is 5.77. The number of halogens is 1. The summed E-state index contributed by atoms with van der Waals surface area (Å²) in [5.74, 6) is 0.215. The van der Waals surface area contributed by atoms with Crippen molar-refractivity contribution >= 4 is 50.6 Å². The minimum absolute atomic E-state index is 0.0482. The monoisotopic (exact) mass is 386 g/mol. The maximum Gasteiger partial charge on any atom is 0.269 e. The van der Waals surface area contributed by atoms with Crippen LogP contribution in [0.1, 0.15) is 4.88 Å². The molecule has 2 aromatic rings. The highest BCUT2D eigenvalue weighted by Gasteiger charge is 2.07. The summed E-state index contributed by atoms with van der Waals surface area (Å²) in [6, 6.07) is 8.13. The fourth-order valence-corrected chi connectivity index (χ4v) is 3.62. The highest BCUT2D eigenvalue weighted by Crippen LogP contribution is 2.22. The van der Waals surface area contributed by atoms with E-state index in [0.29, 0.717) is 6.54 Å². The Bertz CT molecular complexity index is 643. The van der Waals surface area contributed by atoms with Crippen LogP contribution in [0.3, 0.4) is 0 Å². The minimum Gasteiger partial charge on any atom is -0.350 e. The SMILES string of the molecule is O=C(CSc1ccc([N+](=O)[O-])cc1)NCc1cc(Br)cs1. The standard InChI is InChI=1S/C13H11BrN2O3S2/c14-9-5-12(20-7-9)6-15-13(17)8-21-11-3-1-10(2-4-11)16(18)19/h1-5,7H,6,8H2,(H,15,17). The molecule has 5 nitrogen and oxygen atoms in total. The second kappa shape index (κ2) is 7.58. The topological polar surface area (TPSA) is 72.2 Å². The van der Waals surface area contributed by atoms with Gasteiger partial charge in [-0.3, -0.25) is 14.9 Å². The first-order valence-corrected chi connectivity index (χ1v) is 8.57. The van der Waals surface area contributed by atoms with Gasteiger partial charge in [-0.25, -0.2) is 0 Å². The molecule has 0 atom stereocenters. The summed E-state index contributed by atoms with van der Waals surface area (Å²) in [5.41, 5.74) is 0.0482. The number of carbonyl (C=O) groups is 1. The van der Waals surface area contributed by atoms with Gasteiger partial charge in [0.2, 0.25) is 5.91 Å². The summed E-state index contributed by atoms with van der Waals surface area (Å²) >= 11 is 6.29. The van der Waals surface area contributed by atoms with Crippen molar-refractivity contribution in [2.24, 2.45) is 0 Å². The number of nitrogens with one attached hydrogen (secondary N) is 1. The zero-order valence-corrected chi connectivity index (χ0v) is 14.0. The molecule has 21 heavy (non-hydrogen) atoms. The first-order chi connectivity index (χ1) is 10.0. The lowest BCUT2D eigenvalue weighted by Crippen LogP contribution is -2.24. The molecule has 0 saturated carbocycles. The van der Waals surface area contributed by atoms with Crippen LogP contribution in [-0.2, 0) is 11.3 Å². The van der Waals surface area contributed by atoms with Gasteiger partial charge in [0.15, 0.2) is 0 Å². The van der Waals surface area contributed by atoms with Gasteiger partial charge in [-0.1, -0.05) is 0 Å². The minimum atomic E-state index is -0.444. The van der Waals surface area contributed by atoms with Gasteiger partial charge in [-0.2, -0.15) is 0 Å². The molecule has 0 bridgehead atoms. The summed E-state index contributed by atoms with van der Waals surface area (Å²) in [5, 5.41) is 15.3. The van der Waals surface area contributed by atoms with E-state index >= 15 is 0 Å². The first kappa shape index (κ1) is 16.0. The van der Waals surface area contributed by atoms with Crippen LogP contribution in [0.2, 0.25) is 0 Å². The molecule has 1 aromatic carbocycles. The number of hydrogen-bond acceptors (Lipinski definition) is 5. The van der Waals surface area contributed by atoms with Crippen LogP contribution in [0.5, 0.6) is 0 Å². The third-order valence-electron chi connectivity index (χ3n) is 2.50. The van der Waals surface area contributed by atoms with Gasteiger partial charge in [0.25, 0.3) is 5.69 Å². The first-order valence-electron chi connectivity index (χ1n) is 5.91. The molecule has 1 aromatic heterocycles. The molecule has 0 aliphatic heterocycles. The van der Waals surface area contributed by atoms with Crippen LogP contribution in [0.15, 0.2) is 45.1 Å². The molecule has 0 aliphatic rings. The number of carbonyl (C=O) groups excluding carboxylic acids is 1. The number of nitrogens with zero attached hydrogens (tertiary/aromatic N) is 1. The zero-order chi connectivity index (χ0) is 15.2. The Morgan fingerprint density at radius 1 is 1.38 bits per heavy atom. The lowest BCUT2D eigenvalue weighted by molar-refractivity contribution is -0.384. The number of rotatable bonds is 6. The highest BCUT2D eigenvalue weighted by molar-refractivity contribution is 9.10. The molecular formula is C13H11BrN2O3S2. The van der Waals surface area contributed by atoms with Crippen molar-refractivity contribution in [3.63, 3.8) is 0 Å². The van der Waals surface area contributed by atoms with E-state index in [4.69, 9.17) is 0 Å². The fraction of sp³-hybridized carbons (Fsp3) is 0.154. The van der Waals surface area contributed by atoms with Gasteiger partial charge in [0, 0.05) is 31.8 Å². The van der Waals surface area contributed by atoms with Gasteiger partial charge < -0.3 is 5.32 Å². The molecule has 0 unspecified atom stereocenters. The van der Waals surface area contributed by atoms with E-state index < -0.39 is 4.92 Å². The van der Waals surface area contributed by atoms with E-state index in [1.54, 1.807) is 23.5 Å². The molecule has 1 amide bonds. The summed E-state index contributed by atoms with van der Waals surface area (Å²) in [4.78, 5) is 23.7. The second-order valence-corrected chi connectivity index (χ2v) is 7.01. The van der Waals surface area contributed by atoms with Crippen LogP contribution in [0.4, 0.5) is 5.69 Å². The Labute approximate surface area is 138 Å². The molecule has 0 radical (unpaired) electrons. The average Bonchev–Trinajstić information content (AvgIpc) is 2.89. The lowest BCUT2D eigenvalue weighted by atomic mass is 10.3. The summed E-state index contributed by atoms with van der Waals surface area (Å²) < 4.78 is 1.01. The van der Waals surface area contributed by atoms with Crippen molar-refractivity contribution in [2.75, 3.05) is 5.75 Å². The summed E-state index contributed by atoms with van der Waals surface area (Å²) in [7, 11) is 0. The van der Waals surface area contributed by atoms with E-state index in [1.807, 2.05) is 11.4 Å². The van der Waals surface area contributed by atoms with E-state index in [9.17, 15) is 14.9 Å². The van der Waals surface area contributed by atoms with Crippen LogP contribution in [0, 0.1) is 10.1 Å². The van der Waals surface area contributed by atoms with E-state index in [1.165, 1.54) is 23.9 Å². The normalized spacial score (nSPS) is 10.3. The number of hydrogen-bond donors (Lipinski definition) is 1. The molecule has 1 heterocycles. The second-order valence-electron chi connectivity index (χ2n) is 4.05. The van der Waals surface area contributed by atoms with E-state index in [-0.39, 0.29) is 17.3 Å². The third kappa shape index (κ3) is 5.14. The van der Waals surface area contributed by atoms with Gasteiger partial charge in [0.1, 0.15) is 0 Å². The molecule has 8 heteroatoms. The zero-order valence-electron chi connectivity index (χ0n) is 10.7. The van der Waals surface area contributed by atoms with Crippen LogP contribution < -0.4 is 5.32 Å². The Balaban J connectivity index is 1.77.